The predicted octanol–water partition coefficient (Wildman–Crippen LogP) is 1.05. The molecule has 15 heavy (non-hydrogen) atoms. The molecule has 3 nitrogen and oxygen atoms in total. The number of pyridine rings is 1. The minimum Gasteiger partial charge on any atom is -0.456 e. The molecule has 2 atom stereocenters. The Bertz CT molecular complexity index is 381. The first-order valence-electron chi connectivity index (χ1n) is 5.29. The Morgan fingerprint density at radius 1 is 1.67 bits per heavy atom. The van der Waals surface area contributed by atoms with Gasteiger partial charge >= 0.3 is 5.97 Å². The third-order valence-corrected chi connectivity index (χ3v) is 2.87. The van der Waals surface area contributed by atoms with Crippen LogP contribution < -0.4 is 0 Å². The van der Waals surface area contributed by atoms with Crippen LogP contribution in [0.25, 0.3) is 0 Å². The van der Waals surface area contributed by atoms with E-state index in [4.69, 9.17) is 4.74 Å². The lowest BCUT2D eigenvalue weighted by Crippen LogP contribution is -2.22. The summed E-state index contributed by atoms with van der Waals surface area (Å²) in [6, 6.07) is 3.99. The maximum Gasteiger partial charge on any atom is 0.303 e. The minimum atomic E-state index is -0.231. The molecule has 1 aromatic rings. The number of hydrogen-bond acceptors (Lipinski definition) is 3. The van der Waals surface area contributed by atoms with E-state index in [9.17, 15) is 4.79 Å². The Morgan fingerprint density at radius 2 is 2.47 bits per heavy atom. The molecule has 0 spiro atoms. The summed E-state index contributed by atoms with van der Waals surface area (Å²) in [5.41, 5.74) is 2.15. The third kappa shape index (κ3) is 2.03. The highest BCUT2D eigenvalue weighted by atomic mass is 16.5. The van der Waals surface area contributed by atoms with Gasteiger partial charge in [0.25, 0.3) is 0 Å². The van der Waals surface area contributed by atoms with Crippen molar-refractivity contribution in [2.45, 2.75) is 31.7 Å². The van der Waals surface area contributed by atoms with Gasteiger partial charge in [0.1, 0.15) is 14.0 Å². The number of nitrogens with zero attached hydrogens (tertiary/aromatic N) is 1. The van der Waals surface area contributed by atoms with E-state index in [1.54, 1.807) is 6.20 Å². The van der Waals surface area contributed by atoms with Crippen LogP contribution in [0.2, 0.25) is 5.82 Å². The molecule has 0 fully saturated rings. The number of aromatic nitrogens is 1. The van der Waals surface area contributed by atoms with Gasteiger partial charge in [-0.15, -0.1) is 0 Å². The lowest BCUT2D eigenvalue weighted by molar-refractivity contribution is -0.147. The lowest BCUT2D eigenvalue weighted by atomic mass is 9.72. The van der Waals surface area contributed by atoms with E-state index in [1.807, 2.05) is 6.07 Å². The number of fused-ring (bicyclic) bond motifs is 1. The quantitative estimate of drug-likeness (QED) is 0.505. The van der Waals surface area contributed by atoms with Crippen molar-refractivity contribution in [3.05, 3.63) is 29.6 Å². The fraction of sp³-hybridized carbons (Fsp3) is 0.455. The van der Waals surface area contributed by atoms with Gasteiger partial charge in [0.05, 0.1) is 5.69 Å². The van der Waals surface area contributed by atoms with Crippen LogP contribution >= 0.6 is 0 Å². The predicted molar refractivity (Wildman–Crippen MR) is 59.4 cm³/mol. The number of esters is 1. The summed E-state index contributed by atoms with van der Waals surface area (Å²) in [5, 5.41) is 0. The Hall–Kier alpha value is -1.32. The molecule has 1 aliphatic rings. The Balaban J connectivity index is 2.32. The fourth-order valence-corrected chi connectivity index (χ4v) is 2.07. The molecule has 1 aliphatic carbocycles. The van der Waals surface area contributed by atoms with Crippen molar-refractivity contribution in [1.82, 2.24) is 4.98 Å². The first-order chi connectivity index (χ1) is 7.18. The van der Waals surface area contributed by atoms with Gasteiger partial charge in [-0.3, -0.25) is 9.78 Å². The SMILES string of the molecule is B[C@H]1CCc2cccnc2C1OC(C)=O. The van der Waals surface area contributed by atoms with Crippen molar-refractivity contribution < 1.29 is 9.53 Å². The van der Waals surface area contributed by atoms with Crippen LogP contribution in [0.15, 0.2) is 18.3 Å². The van der Waals surface area contributed by atoms with Gasteiger partial charge in [0.15, 0.2) is 0 Å². The Morgan fingerprint density at radius 3 is 3.20 bits per heavy atom. The highest BCUT2D eigenvalue weighted by Gasteiger charge is 2.29. The third-order valence-electron chi connectivity index (χ3n) is 2.87. The van der Waals surface area contributed by atoms with Crippen LogP contribution in [0, 0.1) is 0 Å². The van der Waals surface area contributed by atoms with Crippen molar-refractivity contribution in [2.24, 2.45) is 0 Å². The topological polar surface area (TPSA) is 39.2 Å². The van der Waals surface area contributed by atoms with Gasteiger partial charge < -0.3 is 4.74 Å². The van der Waals surface area contributed by atoms with Crippen molar-refractivity contribution in [3.8, 4) is 0 Å². The first kappa shape index (κ1) is 10.2. The van der Waals surface area contributed by atoms with Crippen LogP contribution in [0.1, 0.15) is 30.7 Å². The second kappa shape index (κ2) is 4.05. The molecule has 1 unspecified atom stereocenters. The molecule has 0 N–H and O–H groups in total. The van der Waals surface area contributed by atoms with E-state index in [2.05, 4.69) is 18.9 Å². The maximum atomic E-state index is 11.0. The van der Waals surface area contributed by atoms with Crippen molar-refractivity contribution >= 4 is 13.8 Å². The number of hydrogen-bond donors (Lipinski definition) is 0. The zero-order chi connectivity index (χ0) is 10.8. The zero-order valence-electron chi connectivity index (χ0n) is 9.06. The largest absolute Gasteiger partial charge is 0.456 e. The summed E-state index contributed by atoms with van der Waals surface area (Å²) in [7, 11) is 2.10. The van der Waals surface area contributed by atoms with Crippen LogP contribution in [0.5, 0.6) is 0 Å². The van der Waals surface area contributed by atoms with Gasteiger partial charge in [0.2, 0.25) is 0 Å². The average molecular weight is 203 g/mol. The number of aryl methyl sites for hydroxylation is 1. The monoisotopic (exact) mass is 203 g/mol. The fourth-order valence-electron chi connectivity index (χ4n) is 2.07. The molecule has 0 saturated heterocycles. The molecule has 0 amide bonds. The van der Waals surface area contributed by atoms with Crippen LogP contribution in [-0.2, 0) is 16.0 Å². The molecule has 0 bridgehead atoms. The summed E-state index contributed by atoms with van der Waals surface area (Å²) in [6.07, 6.45) is 3.68. The minimum absolute atomic E-state index is 0.160. The molecule has 1 heterocycles. The van der Waals surface area contributed by atoms with Gasteiger partial charge in [0, 0.05) is 13.1 Å². The van der Waals surface area contributed by atoms with Crippen LogP contribution in [0.4, 0.5) is 0 Å². The lowest BCUT2D eigenvalue weighted by Gasteiger charge is -2.29. The van der Waals surface area contributed by atoms with E-state index in [0.717, 1.165) is 18.5 Å². The summed E-state index contributed by atoms with van der Waals surface area (Å²) >= 11 is 0. The van der Waals surface area contributed by atoms with E-state index in [0.29, 0.717) is 5.82 Å². The first-order valence-corrected chi connectivity index (χ1v) is 5.29. The normalized spacial score (nSPS) is 24.3. The van der Waals surface area contributed by atoms with Crippen LogP contribution in [0.3, 0.4) is 0 Å². The number of rotatable bonds is 1. The molecular formula is C11H14BNO2. The smallest absolute Gasteiger partial charge is 0.303 e. The molecule has 78 valence electrons. The highest BCUT2D eigenvalue weighted by Crippen LogP contribution is 2.37. The molecular weight excluding hydrogens is 189 g/mol. The van der Waals surface area contributed by atoms with E-state index in [-0.39, 0.29) is 12.1 Å². The van der Waals surface area contributed by atoms with Crippen molar-refractivity contribution in [3.63, 3.8) is 0 Å². The second-order valence-corrected chi connectivity index (χ2v) is 4.09. The van der Waals surface area contributed by atoms with E-state index >= 15 is 0 Å². The summed E-state index contributed by atoms with van der Waals surface area (Å²) in [6.45, 7) is 1.45. The number of carbonyl (C=O) groups excluding carboxylic acids is 1. The van der Waals surface area contributed by atoms with Crippen molar-refractivity contribution in [1.29, 1.82) is 0 Å². The van der Waals surface area contributed by atoms with Crippen LogP contribution in [-0.4, -0.2) is 18.8 Å². The van der Waals surface area contributed by atoms with Gasteiger partial charge in [-0.1, -0.05) is 6.07 Å². The standard InChI is InChI=1S/C11H14BNO2/c1-7(14)15-11-9(12)5-4-8-3-2-6-13-10(8)11/h2-3,6,9,11H,4-5,12H2,1H3/t9-,11?/m0/s1. The Kier molecular flexibility index (Phi) is 2.76. The Labute approximate surface area is 90.3 Å². The number of ether oxygens (including phenoxy) is 1. The van der Waals surface area contributed by atoms with E-state index < -0.39 is 0 Å². The van der Waals surface area contributed by atoms with Gasteiger partial charge in [-0.25, -0.2) is 0 Å². The molecule has 0 saturated carbocycles. The van der Waals surface area contributed by atoms with E-state index in [1.165, 1.54) is 12.5 Å². The summed E-state index contributed by atoms with van der Waals surface area (Å²) in [4.78, 5) is 15.3. The van der Waals surface area contributed by atoms with Gasteiger partial charge in [-0.05, 0) is 30.3 Å². The summed E-state index contributed by atoms with van der Waals surface area (Å²) in [5.74, 6) is 0.127. The van der Waals surface area contributed by atoms with Gasteiger partial charge in [-0.2, -0.15) is 0 Å². The molecule has 0 radical (unpaired) electrons. The molecule has 2 rings (SSSR count). The highest BCUT2D eigenvalue weighted by molar-refractivity contribution is 6.12. The molecule has 0 aromatic carbocycles. The average Bonchev–Trinajstić information content (AvgIpc) is 2.22. The zero-order valence-corrected chi connectivity index (χ0v) is 9.06. The molecule has 1 aromatic heterocycles. The number of carbonyl (C=O) groups is 1. The molecule has 4 heteroatoms. The van der Waals surface area contributed by atoms with Crippen molar-refractivity contribution in [2.75, 3.05) is 0 Å². The molecule has 0 aliphatic heterocycles. The maximum absolute atomic E-state index is 11.0. The second-order valence-electron chi connectivity index (χ2n) is 4.09. The summed E-state index contributed by atoms with van der Waals surface area (Å²) < 4.78 is 5.33.